The molecular formula is C14H24N2O3S. The van der Waals surface area contributed by atoms with Crippen molar-refractivity contribution >= 4 is 15.7 Å². The molecule has 0 aromatic rings. The van der Waals surface area contributed by atoms with Gasteiger partial charge in [-0.1, -0.05) is 12.0 Å². The molecular weight excluding hydrogens is 276 g/mol. The summed E-state index contributed by atoms with van der Waals surface area (Å²) in [5.74, 6) is 0.0534. The van der Waals surface area contributed by atoms with Crippen LogP contribution in [-0.4, -0.2) is 55.9 Å². The predicted molar refractivity (Wildman–Crippen MR) is 79.2 cm³/mol. The lowest BCUT2D eigenvalue weighted by Gasteiger charge is -2.34. The van der Waals surface area contributed by atoms with Crippen molar-refractivity contribution in [3.63, 3.8) is 0 Å². The van der Waals surface area contributed by atoms with Gasteiger partial charge < -0.3 is 5.32 Å². The van der Waals surface area contributed by atoms with Gasteiger partial charge in [0.25, 0.3) is 0 Å². The average molecular weight is 300 g/mol. The van der Waals surface area contributed by atoms with Gasteiger partial charge in [0.05, 0.1) is 17.5 Å². The van der Waals surface area contributed by atoms with E-state index in [1.807, 2.05) is 13.8 Å². The monoisotopic (exact) mass is 300 g/mol. The van der Waals surface area contributed by atoms with E-state index in [0.29, 0.717) is 0 Å². The maximum atomic E-state index is 11.9. The van der Waals surface area contributed by atoms with Crippen molar-refractivity contribution < 1.29 is 13.2 Å². The van der Waals surface area contributed by atoms with Crippen molar-refractivity contribution in [3.05, 3.63) is 11.6 Å². The van der Waals surface area contributed by atoms with E-state index in [-0.39, 0.29) is 29.5 Å². The van der Waals surface area contributed by atoms with E-state index in [1.165, 1.54) is 12.5 Å². The van der Waals surface area contributed by atoms with Gasteiger partial charge in [0.15, 0.2) is 9.84 Å². The Balaban J connectivity index is 2.07. The van der Waals surface area contributed by atoms with Crippen LogP contribution in [0.25, 0.3) is 0 Å². The van der Waals surface area contributed by atoms with Crippen LogP contribution in [0.5, 0.6) is 0 Å². The lowest BCUT2D eigenvalue weighted by atomic mass is 10.0. The molecule has 1 amide bonds. The topological polar surface area (TPSA) is 66.5 Å². The summed E-state index contributed by atoms with van der Waals surface area (Å²) in [6, 6.07) is -0.337. The molecule has 2 aliphatic rings. The number of rotatable bonds is 3. The molecule has 0 aromatic carbocycles. The molecule has 0 unspecified atom stereocenters. The van der Waals surface area contributed by atoms with Crippen LogP contribution in [0.4, 0.5) is 0 Å². The zero-order valence-corrected chi connectivity index (χ0v) is 13.1. The molecule has 2 atom stereocenters. The number of carbonyl (C=O) groups is 1. The van der Waals surface area contributed by atoms with Crippen molar-refractivity contribution in [2.75, 3.05) is 24.6 Å². The summed E-state index contributed by atoms with van der Waals surface area (Å²) >= 11 is 0. The lowest BCUT2D eigenvalue weighted by Crippen LogP contribution is -2.52. The van der Waals surface area contributed by atoms with Crippen LogP contribution in [0.2, 0.25) is 0 Å². The predicted octanol–water partition coefficient (Wildman–Crippen LogP) is 0.720. The highest BCUT2D eigenvalue weighted by Crippen LogP contribution is 2.22. The highest BCUT2D eigenvalue weighted by molar-refractivity contribution is 7.91. The van der Waals surface area contributed by atoms with Crippen LogP contribution in [0.3, 0.4) is 0 Å². The number of nitrogens with zero attached hydrogens (tertiary/aromatic N) is 1. The Morgan fingerprint density at radius 2 is 1.80 bits per heavy atom. The molecule has 2 saturated heterocycles. The van der Waals surface area contributed by atoms with Crippen LogP contribution in [0.1, 0.15) is 33.1 Å². The Bertz CT molecular complexity index is 489. The molecule has 2 fully saturated rings. The molecule has 0 spiro atoms. The summed E-state index contributed by atoms with van der Waals surface area (Å²) in [6.07, 6.45) is 4.97. The standard InChI is InChI=1S/C14H24N2O3S/c1-11(2)8-14(17)15-12-9-20(18,19)10-13(12)16-6-4-3-5-7-16/h8,12-13H,3-7,9-10H2,1-2H3,(H,15,17)/t12-,13-/m1/s1. The summed E-state index contributed by atoms with van der Waals surface area (Å²) in [5, 5.41) is 2.88. The van der Waals surface area contributed by atoms with Gasteiger partial charge in [-0.25, -0.2) is 8.42 Å². The fourth-order valence-corrected chi connectivity index (χ4v) is 5.02. The number of carbonyl (C=O) groups excluding carboxylic acids is 1. The fraction of sp³-hybridized carbons (Fsp3) is 0.786. The SMILES string of the molecule is CC(C)=CC(=O)N[C@@H]1CS(=O)(=O)C[C@H]1N1CCCCC1. The van der Waals surface area contributed by atoms with Gasteiger partial charge in [0.2, 0.25) is 5.91 Å². The first-order chi connectivity index (χ1) is 9.37. The highest BCUT2D eigenvalue weighted by atomic mass is 32.2. The van der Waals surface area contributed by atoms with E-state index < -0.39 is 9.84 Å². The van der Waals surface area contributed by atoms with Gasteiger partial charge in [-0.2, -0.15) is 0 Å². The van der Waals surface area contributed by atoms with Crippen molar-refractivity contribution in [1.82, 2.24) is 10.2 Å². The second-order valence-electron chi connectivity index (χ2n) is 6.08. The van der Waals surface area contributed by atoms with E-state index in [1.54, 1.807) is 0 Å². The Hall–Kier alpha value is -0.880. The number of piperidine rings is 1. The summed E-state index contributed by atoms with van der Waals surface area (Å²) in [7, 11) is -3.05. The second kappa shape index (κ2) is 6.26. The third-order valence-corrected chi connectivity index (χ3v) is 5.65. The smallest absolute Gasteiger partial charge is 0.244 e. The second-order valence-corrected chi connectivity index (χ2v) is 8.23. The number of hydrogen-bond donors (Lipinski definition) is 1. The average Bonchev–Trinajstić information content (AvgIpc) is 2.64. The molecule has 2 aliphatic heterocycles. The molecule has 0 aliphatic carbocycles. The van der Waals surface area contributed by atoms with Gasteiger partial charge in [0.1, 0.15) is 0 Å². The molecule has 6 heteroatoms. The lowest BCUT2D eigenvalue weighted by molar-refractivity contribution is -0.117. The quantitative estimate of drug-likeness (QED) is 0.780. The van der Waals surface area contributed by atoms with Crippen molar-refractivity contribution in [2.45, 2.75) is 45.2 Å². The first-order valence-corrected chi connectivity index (χ1v) is 9.09. The van der Waals surface area contributed by atoms with Gasteiger partial charge in [-0.3, -0.25) is 9.69 Å². The zero-order valence-electron chi connectivity index (χ0n) is 12.3. The molecule has 0 saturated carbocycles. The minimum atomic E-state index is -3.05. The number of amides is 1. The summed E-state index contributed by atoms with van der Waals surface area (Å²) in [5.41, 5.74) is 0.915. The zero-order chi connectivity index (χ0) is 14.8. The maximum Gasteiger partial charge on any atom is 0.244 e. The third-order valence-electron chi connectivity index (χ3n) is 3.93. The summed E-state index contributed by atoms with van der Waals surface area (Å²) in [6.45, 7) is 5.59. The number of likely N-dealkylation sites (tertiary alicyclic amines) is 1. The molecule has 114 valence electrons. The van der Waals surface area contributed by atoms with Gasteiger partial charge in [-0.15, -0.1) is 0 Å². The van der Waals surface area contributed by atoms with E-state index in [9.17, 15) is 13.2 Å². The molecule has 20 heavy (non-hydrogen) atoms. The number of hydrogen-bond acceptors (Lipinski definition) is 4. The summed E-state index contributed by atoms with van der Waals surface area (Å²) < 4.78 is 23.8. The molecule has 0 aromatic heterocycles. The van der Waals surface area contributed by atoms with Gasteiger partial charge >= 0.3 is 0 Å². The van der Waals surface area contributed by atoms with Crippen LogP contribution >= 0.6 is 0 Å². The number of sulfone groups is 1. The molecule has 0 radical (unpaired) electrons. The van der Waals surface area contributed by atoms with E-state index in [4.69, 9.17) is 0 Å². The van der Waals surface area contributed by atoms with Crippen molar-refractivity contribution in [3.8, 4) is 0 Å². The largest absolute Gasteiger partial charge is 0.347 e. The van der Waals surface area contributed by atoms with Crippen LogP contribution in [-0.2, 0) is 14.6 Å². The van der Waals surface area contributed by atoms with Gasteiger partial charge in [-0.05, 0) is 39.8 Å². The Morgan fingerprint density at radius 1 is 1.15 bits per heavy atom. The maximum absolute atomic E-state index is 11.9. The van der Waals surface area contributed by atoms with E-state index in [2.05, 4.69) is 10.2 Å². The van der Waals surface area contributed by atoms with Crippen LogP contribution in [0, 0.1) is 0 Å². The van der Waals surface area contributed by atoms with Crippen molar-refractivity contribution in [2.24, 2.45) is 0 Å². The molecule has 2 rings (SSSR count). The molecule has 1 N–H and O–H groups in total. The first kappa shape index (κ1) is 15.5. The normalized spacial score (nSPS) is 29.9. The Kier molecular flexibility index (Phi) is 4.86. The highest BCUT2D eigenvalue weighted by Gasteiger charge is 2.41. The van der Waals surface area contributed by atoms with Crippen molar-refractivity contribution in [1.29, 1.82) is 0 Å². The summed E-state index contributed by atoms with van der Waals surface area (Å²) in [4.78, 5) is 14.1. The van der Waals surface area contributed by atoms with Gasteiger partial charge in [0, 0.05) is 12.1 Å². The van der Waals surface area contributed by atoms with E-state index >= 15 is 0 Å². The number of nitrogens with one attached hydrogen (secondary N) is 1. The molecule has 2 heterocycles. The van der Waals surface area contributed by atoms with Crippen LogP contribution in [0.15, 0.2) is 11.6 Å². The molecule has 5 nitrogen and oxygen atoms in total. The molecule has 0 bridgehead atoms. The minimum absolute atomic E-state index is 0.0604. The van der Waals surface area contributed by atoms with E-state index in [0.717, 1.165) is 31.5 Å². The number of allylic oxidation sites excluding steroid dienone is 1. The Morgan fingerprint density at radius 3 is 2.40 bits per heavy atom. The van der Waals surface area contributed by atoms with Crippen LogP contribution < -0.4 is 5.32 Å². The Labute approximate surface area is 121 Å². The minimum Gasteiger partial charge on any atom is -0.347 e. The third kappa shape index (κ3) is 4.06. The fourth-order valence-electron chi connectivity index (χ4n) is 3.06. The first-order valence-electron chi connectivity index (χ1n) is 7.27.